The zero-order chi connectivity index (χ0) is 15.6. The molecule has 0 amide bonds. The summed E-state index contributed by atoms with van der Waals surface area (Å²) in [7, 11) is 3.44. The zero-order valence-electron chi connectivity index (χ0n) is 12.2. The number of aliphatic hydroxyl groups excluding tert-OH is 1. The molecule has 0 aliphatic rings. The van der Waals surface area contributed by atoms with Crippen molar-refractivity contribution in [3.05, 3.63) is 44.6 Å². The molecule has 1 N–H and O–H groups in total. The Hall–Kier alpha value is -1.04. The molecule has 0 fully saturated rings. The number of nitrogens with zero attached hydrogens (tertiary/aromatic N) is 2. The van der Waals surface area contributed by atoms with Crippen LogP contribution in [-0.2, 0) is 19.9 Å². The van der Waals surface area contributed by atoms with Crippen LogP contribution in [0.3, 0.4) is 0 Å². The summed E-state index contributed by atoms with van der Waals surface area (Å²) in [5.41, 5.74) is 2.45. The molecule has 114 valence electrons. The Morgan fingerprint density at radius 2 is 2.19 bits per heavy atom. The van der Waals surface area contributed by atoms with Gasteiger partial charge in [-0.1, -0.05) is 34.5 Å². The summed E-state index contributed by atoms with van der Waals surface area (Å²) in [6.45, 7) is 2.01. The van der Waals surface area contributed by atoms with Gasteiger partial charge in [0.25, 0.3) is 0 Å². The summed E-state index contributed by atoms with van der Waals surface area (Å²) in [6.07, 6.45) is 0.479. The van der Waals surface area contributed by atoms with E-state index in [-0.39, 0.29) is 0 Å². The second kappa shape index (κ2) is 6.81. The molecule has 1 aromatic heterocycles. The highest BCUT2D eigenvalue weighted by Gasteiger charge is 2.19. The van der Waals surface area contributed by atoms with Crippen LogP contribution < -0.4 is 4.74 Å². The van der Waals surface area contributed by atoms with Gasteiger partial charge < -0.3 is 9.84 Å². The van der Waals surface area contributed by atoms with E-state index in [0.29, 0.717) is 17.2 Å². The number of methoxy groups -OCH3 is 1. The van der Waals surface area contributed by atoms with Gasteiger partial charge in [0.2, 0.25) is 0 Å². The van der Waals surface area contributed by atoms with Gasteiger partial charge in [0.15, 0.2) is 0 Å². The van der Waals surface area contributed by atoms with Crippen LogP contribution in [0.5, 0.6) is 5.75 Å². The standard InChI is InChI=1S/C15H18BrClN2O2/c1-4-12-15(17)13(19(2)18-12)8-14(20)10-7-9(21-3)5-6-11(10)16/h5-7,14,20H,4,8H2,1-3H3. The molecule has 1 atom stereocenters. The molecule has 2 rings (SSSR count). The molecule has 6 heteroatoms. The van der Waals surface area contributed by atoms with Crippen molar-refractivity contribution >= 4 is 27.5 Å². The van der Waals surface area contributed by atoms with Crippen LogP contribution in [0.2, 0.25) is 5.02 Å². The number of aryl methyl sites for hydroxylation is 2. The second-order valence-corrected chi connectivity index (χ2v) is 6.02. The molecule has 1 heterocycles. The van der Waals surface area contributed by atoms with Gasteiger partial charge >= 0.3 is 0 Å². The molecule has 4 nitrogen and oxygen atoms in total. The average molecular weight is 374 g/mol. The maximum Gasteiger partial charge on any atom is 0.119 e. The van der Waals surface area contributed by atoms with Crippen LogP contribution in [0.15, 0.2) is 22.7 Å². The smallest absolute Gasteiger partial charge is 0.119 e. The Labute approximate surface area is 137 Å². The molecular formula is C15H18BrClN2O2. The molecule has 0 saturated carbocycles. The lowest BCUT2D eigenvalue weighted by Gasteiger charge is -2.14. The van der Waals surface area contributed by atoms with Crippen molar-refractivity contribution in [1.82, 2.24) is 9.78 Å². The first-order valence-corrected chi connectivity index (χ1v) is 7.86. The third-order valence-electron chi connectivity index (χ3n) is 3.45. The van der Waals surface area contributed by atoms with Crippen LogP contribution >= 0.6 is 27.5 Å². The molecular weight excluding hydrogens is 356 g/mol. The normalized spacial score (nSPS) is 12.5. The first kappa shape index (κ1) is 16.3. The van der Waals surface area contributed by atoms with E-state index in [1.54, 1.807) is 11.8 Å². The van der Waals surface area contributed by atoms with E-state index in [0.717, 1.165) is 27.8 Å². The first-order chi connectivity index (χ1) is 9.97. The summed E-state index contributed by atoms with van der Waals surface area (Å²) in [6, 6.07) is 5.52. The fourth-order valence-corrected chi connectivity index (χ4v) is 3.12. The van der Waals surface area contributed by atoms with Crippen LogP contribution in [-0.4, -0.2) is 22.0 Å². The number of halogens is 2. The van der Waals surface area contributed by atoms with Crippen LogP contribution in [0.4, 0.5) is 0 Å². The summed E-state index contributed by atoms with van der Waals surface area (Å²) in [5.74, 6) is 0.706. The number of rotatable bonds is 5. The third-order valence-corrected chi connectivity index (χ3v) is 4.61. The topological polar surface area (TPSA) is 47.3 Å². The average Bonchev–Trinajstić information content (AvgIpc) is 2.75. The molecule has 0 aliphatic heterocycles. The van der Waals surface area contributed by atoms with Gasteiger partial charge in [0.1, 0.15) is 5.75 Å². The van der Waals surface area contributed by atoms with Crippen LogP contribution in [0.1, 0.15) is 30.0 Å². The SMILES string of the molecule is CCc1nn(C)c(CC(O)c2cc(OC)ccc2Br)c1Cl. The molecule has 1 aromatic carbocycles. The van der Waals surface area contributed by atoms with E-state index in [2.05, 4.69) is 21.0 Å². The Morgan fingerprint density at radius 3 is 2.76 bits per heavy atom. The van der Waals surface area contributed by atoms with E-state index in [9.17, 15) is 5.11 Å². The second-order valence-electron chi connectivity index (χ2n) is 4.79. The van der Waals surface area contributed by atoms with Gasteiger partial charge in [-0.15, -0.1) is 0 Å². The summed E-state index contributed by atoms with van der Waals surface area (Å²) < 4.78 is 7.78. The summed E-state index contributed by atoms with van der Waals surface area (Å²) >= 11 is 9.79. The van der Waals surface area contributed by atoms with E-state index < -0.39 is 6.10 Å². The van der Waals surface area contributed by atoms with Gasteiger partial charge in [-0.05, 0) is 30.2 Å². The van der Waals surface area contributed by atoms with Crippen LogP contribution in [0.25, 0.3) is 0 Å². The Balaban J connectivity index is 2.30. The van der Waals surface area contributed by atoms with Crippen molar-refractivity contribution in [3.8, 4) is 5.75 Å². The van der Waals surface area contributed by atoms with Gasteiger partial charge in [-0.3, -0.25) is 4.68 Å². The molecule has 0 radical (unpaired) electrons. The molecule has 0 bridgehead atoms. The van der Waals surface area contributed by atoms with E-state index in [4.69, 9.17) is 16.3 Å². The highest BCUT2D eigenvalue weighted by molar-refractivity contribution is 9.10. The van der Waals surface area contributed by atoms with Gasteiger partial charge in [0.05, 0.1) is 29.6 Å². The minimum atomic E-state index is -0.688. The van der Waals surface area contributed by atoms with E-state index >= 15 is 0 Å². The number of benzene rings is 1. The minimum Gasteiger partial charge on any atom is -0.497 e. The van der Waals surface area contributed by atoms with E-state index in [1.165, 1.54) is 0 Å². The quantitative estimate of drug-likeness (QED) is 0.869. The Kier molecular flexibility index (Phi) is 5.30. The minimum absolute atomic E-state index is 0.397. The highest BCUT2D eigenvalue weighted by Crippen LogP contribution is 2.32. The van der Waals surface area contributed by atoms with Crippen molar-refractivity contribution in [1.29, 1.82) is 0 Å². The zero-order valence-corrected chi connectivity index (χ0v) is 14.6. The maximum atomic E-state index is 10.5. The fraction of sp³-hybridized carbons (Fsp3) is 0.400. The highest BCUT2D eigenvalue weighted by atomic mass is 79.9. The number of aliphatic hydroxyl groups is 1. The molecule has 21 heavy (non-hydrogen) atoms. The fourth-order valence-electron chi connectivity index (χ4n) is 2.24. The summed E-state index contributed by atoms with van der Waals surface area (Å²) in [5, 5.41) is 15.5. The van der Waals surface area contributed by atoms with Crippen molar-refractivity contribution in [2.24, 2.45) is 7.05 Å². The predicted octanol–water partition coefficient (Wildman–Crippen LogP) is 3.68. The predicted molar refractivity (Wildman–Crippen MR) is 87.0 cm³/mol. The van der Waals surface area contributed by atoms with Gasteiger partial charge in [-0.2, -0.15) is 5.10 Å². The van der Waals surface area contributed by atoms with Crippen molar-refractivity contribution in [2.75, 3.05) is 7.11 Å². The molecule has 0 spiro atoms. The number of hydrogen-bond acceptors (Lipinski definition) is 3. The molecule has 0 saturated heterocycles. The first-order valence-electron chi connectivity index (χ1n) is 6.69. The lowest BCUT2D eigenvalue weighted by molar-refractivity contribution is 0.174. The molecule has 2 aromatic rings. The molecule has 0 aliphatic carbocycles. The monoisotopic (exact) mass is 372 g/mol. The number of aromatic nitrogens is 2. The maximum absolute atomic E-state index is 10.5. The van der Waals surface area contributed by atoms with E-state index in [1.807, 2.05) is 32.2 Å². The van der Waals surface area contributed by atoms with Crippen LogP contribution in [0, 0.1) is 0 Å². The number of hydrogen-bond donors (Lipinski definition) is 1. The lowest BCUT2D eigenvalue weighted by atomic mass is 10.0. The largest absolute Gasteiger partial charge is 0.497 e. The van der Waals surface area contributed by atoms with Crippen molar-refractivity contribution in [3.63, 3.8) is 0 Å². The number of ether oxygens (including phenoxy) is 1. The van der Waals surface area contributed by atoms with Gasteiger partial charge in [0, 0.05) is 17.9 Å². The Morgan fingerprint density at radius 1 is 1.48 bits per heavy atom. The molecule has 1 unspecified atom stereocenters. The Bertz CT molecular complexity index is 643. The van der Waals surface area contributed by atoms with Gasteiger partial charge in [-0.25, -0.2) is 0 Å². The summed E-state index contributed by atoms with van der Waals surface area (Å²) in [4.78, 5) is 0. The third kappa shape index (κ3) is 3.42. The lowest BCUT2D eigenvalue weighted by Crippen LogP contribution is -2.07. The van der Waals surface area contributed by atoms with Crippen molar-refractivity contribution in [2.45, 2.75) is 25.9 Å². The van der Waals surface area contributed by atoms with Crippen molar-refractivity contribution < 1.29 is 9.84 Å².